The number of carbonyl (C=O) groups is 1. The molecular weight excluding hydrogens is 485 g/mol. The Kier molecular flexibility index (Phi) is 8.23. The molecule has 0 saturated heterocycles. The number of azide groups is 1. The first-order chi connectivity index (χ1) is 18.2. The summed E-state index contributed by atoms with van der Waals surface area (Å²) in [5.74, 6) is 1.20. The molecule has 0 N–H and O–H groups in total. The zero-order valence-corrected chi connectivity index (χ0v) is 22.1. The van der Waals surface area contributed by atoms with Gasteiger partial charge >= 0.3 is 5.97 Å². The summed E-state index contributed by atoms with van der Waals surface area (Å²) in [7, 11) is 2.94. The minimum Gasteiger partial charge on any atom is -0.497 e. The van der Waals surface area contributed by atoms with E-state index >= 15 is 0 Å². The van der Waals surface area contributed by atoms with E-state index in [0.29, 0.717) is 40.5 Å². The van der Waals surface area contributed by atoms with Crippen LogP contribution in [-0.2, 0) is 21.7 Å². The fourth-order valence-corrected chi connectivity index (χ4v) is 4.75. The maximum absolute atomic E-state index is 14.9. The third-order valence-electron chi connectivity index (χ3n) is 7.00. The van der Waals surface area contributed by atoms with E-state index in [9.17, 15) is 14.7 Å². The standard InChI is InChI=1S/C30H32FN3O4/c1-30(2,33-34-32)27-14-19(8-12-24(27)26-16-22(36-3)11-13-28(26)31)18-38-23-7-5-6-21(15-23)25(20-9-10-20)17-29(35)37-4/h5-8,11-16,20,25H,9-10,17-18H2,1-4H3. The van der Waals surface area contributed by atoms with E-state index in [1.165, 1.54) is 20.3 Å². The van der Waals surface area contributed by atoms with E-state index in [4.69, 9.17) is 14.2 Å². The minimum atomic E-state index is -0.944. The second kappa shape index (κ2) is 11.6. The van der Waals surface area contributed by atoms with Gasteiger partial charge in [-0.05, 0) is 82.8 Å². The van der Waals surface area contributed by atoms with Crippen molar-refractivity contribution in [1.29, 1.82) is 0 Å². The molecule has 0 aliphatic heterocycles. The number of hydrogen-bond donors (Lipinski definition) is 0. The molecule has 0 aromatic heterocycles. The van der Waals surface area contributed by atoms with Crippen molar-refractivity contribution < 1.29 is 23.4 Å². The maximum atomic E-state index is 14.9. The number of esters is 1. The first-order valence-corrected chi connectivity index (χ1v) is 12.6. The van der Waals surface area contributed by atoms with E-state index < -0.39 is 11.4 Å². The van der Waals surface area contributed by atoms with Crippen LogP contribution < -0.4 is 9.47 Å². The number of nitrogens with zero attached hydrogens (tertiary/aromatic N) is 3. The van der Waals surface area contributed by atoms with Crippen LogP contribution in [0.15, 0.2) is 65.8 Å². The summed E-state index contributed by atoms with van der Waals surface area (Å²) in [6.45, 7) is 3.84. The molecule has 7 nitrogen and oxygen atoms in total. The Labute approximate surface area is 222 Å². The molecule has 38 heavy (non-hydrogen) atoms. The summed E-state index contributed by atoms with van der Waals surface area (Å²) >= 11 is 0. The molecule has 0 spiro atoms. The lowest BCUT2D eigenvalue weighted by atomic mass is 9.86. The highest BCUT2D eigenvalue weighted by atomic mass is 19.1. The Morgan fingerprint density at radius 1 is 1.08 bits per heavy atom. The average Bonchev–Trinajstić information content (AvgIpc) is 3.76. The number of carbonyl (C=O) groups excluding carboxylic acids is 1. The first-order valence-electron chi connectivity index (χ1n) is 12.6. The lowest BCUT2D eigenvalue weighted by Crippen LogP contribution is -2.15. The Bertz CT molecular complexity index is 1360. The fourth-order valence-electron chi connectivity index (χ4n) is 4.75. The predicted molar refractivity (Wildman–Crippen MR) is 143 cm³/mol. The Hall–Kier alpha value is -4.03. The first kappa shape index (κ1) is 27.0. The van der Waals surface area contributed by atoms with Crippen LogP contribution in [-0.4, -0.2) is 20.2 Å². The number of methoxy groups -OCH3 is 2. The van der Waals surface area contributed by atoms with Gasteiger partial charge in [0.05, 0.1) is 26.2 Å². The van der Waals surface area contributed by atoms with Crippen molar-refractivity contribution in [2.24, 2.45) is 11.0 Å². The van der Waals surface area contributed by atoms with Gasteiger partial charge in [-0.25, -0.2) is 4.39 Å². The molecule has 0 bridgehead atoms. The molecule has 0 heterocycles. The predicted octanol–water partition coefficient (Wildman–Crippen LogP) is 7.68. The van der Waals surface area contributed by atoms with Gasteiger partial charge in [-0.2, -0.15) is 0 Å². The second-order valence-corrected chi connectivity index (χ2v) is 10.1. The molecule has 4 rings (SSSR count). The van der Waals surface area contributed by atoms with Crippen molar-refractivity contribution in [3.63, 3.8) is 0 Å². The zero-order chi connectivity index (χ0) is 27.3. The topological polar surface area (TPSA) is 93.5 Å². The summed E-state index contributed by atoms with van der Waals surface area (Å²) in [5, 5.41) is 3.98. The van der Waals surface area contributed by atoms with E-state index in [0.717, 1.165) is 24.0 Å². The van der Waals surface area contributed by atoms with Gasteiger partial charge < -0.3 is 14.2 Å². The second-order valence-electron chi connectivity index (χ2n) is 10.1. The fraction of sp³-hybridized carbons (Fsp3) is 0.367. The Morgan fingerprint density at radius 3 is 2.55 bits per heavy atom. The van der Waals surface area contributed by atoms with Gasteiger partial charge in [-0.3, -0.25) is 4.79 Å². The van der Waals surface area contributed by atoms with Crippen LogP contribution in [0.5, 0.6) is 11.5 Å². The van der Waals surface area contributed by atoms with Crippen LogP contribution in [0.1, 0.15) is 55.7 Å². The molecule has 1 unspecified atom stereocenters. The highest BCUT2D eigenvalue weighted by Crippen LogP contribution is 2.45. The summed E-state index contributed by atoms with van der Waals surface area (Å²) in [6.07, 6.45) is 2.57. The lowest BCUT2D eigenvalue weighted by Gasteiger charge is -2.24. The zero-order valence-electron chi connectivity index (χ0n) is 22.1. The molecule has 198 valence electrons. The summed E-state index contributed by atoms with van der Waals surface area (Å²) in [6, 6.07) is 18.0. The molecular formula is C30H32FN3O4. The van der Waals surface area contributed by atoms with Crippen molar-refractivity contribution in [2.45, 2.75) is 51.2 Å². The normalized spacial score (nSPS) is 13.8. The molecule has 8 heteroatoms. The van der Waals surface area contributed by atoms with Gasteiger partial charge in [-0.15, -0.1) is 0 Å². The lowest BCUT2D eigenvalue weighted by molar-refractivity contribution is -0.141. The number of halogens is 1. The summed E-state index contributed by atoms with van der Waals surface area (Å²) in [5.41, 5.74) is 11.8. The van der Waals surface area contributed by atoms with Gasteiger partial charge in [0.15, 0.2) is 0 Å². The third-order valence-corrected chi connectivity index (χ3v) is 7.00. The number of benzene rings is 3. The SMILES string of the molecule is COC(=O)CC(c1cccc(OCc2ccc(-c3cc(OC)ccc3F)c(C(C)(C)N=[N+]=[N-])c2)c1)C1CC1. The van der Waals surface area contributed by atoms with Crippen molar-refractivity contribution in [2.75, 3.05) is 14.2 Å². The van der Waals surface area contributed by atoms with Crippen molar-refractivity contribution in [1.82, 2.24) is 0 Å². The van der Waals surface area contributed by atoms with E-state index in [2.05, 4.69) is 10.0 Å². The molecule has 1 fully saturated rings. The maximum Gasteiger partial charge on any atom is 0.306 e. The van der Waals surface area contributed by atoms with Gasteiger partial charge in [0, 0.05) is 10.5 Å². The van der Waals surface area contributed by atoms with Crippen LogP contribution in [0.2, 0.25) is 0 Å². The van der Waals surface area contributed by atoms with Crippen LogP contribution in [0.4, 0.5) is 4.39 Å². The highest BCUT2D eigenvalue weighted by molar-refractivity contribution is 5.71. The van der Waals surface area contributed by atoms with Crippen molar-refractivity contribution in [3.8, 4) is 22.6 Å². The smallest absolute Gasteiger partial charge is 0.306 e. The Morgan fingerprint density at radius 2 is 1.87 bits per heavy atom. The van der Waals surface area contributed by atoms with E-state index in [1.54, 1.807) is 26.0 Å². The molecule has 3 aromatic rings. The molecule has 0 radical (unpaired) electrons. The quantitative estimate of drug-likeness (QED) is 0.113. The van der Waals surface area contributed by atoms with Gasteiger partial charge in [0.2, 0.25) is 0 Å². The molecule has 1 aliphatic rings. The van der Waals surface area contributed by atoms with Crippen LogP contribution >= 0.6 is 0 Å². The molecule has 3 aromatic carbocycles. The summed E-state index contributed by atoms with van der Waals surface area (Å²) < 4.78 is 31.2. The molecule has 1 aliphatic carbocycles. The average molecular weight is 518 g/mol. The highest BCUT2D eigenvalue weighted by Gasteiger charge is 2.34. The number of rotatable bonds is 11. The van der Waals surface area contributed by atoms with Crippen molar-refractivity contribution in [3.05, 3.63) is 93.6 Å². The van der Waals surface area contributed by atoms with Gasteiger partial charge in [-0.1, -0.05) is 49.3 Å². The summed E-state index contributed by atoms with van der Waals surface area (Å²) in [4.78, 5) is 15.0. The van der Waals surface area contributed by atoms with Gasteiger partial charge in [0.1, 0.15) is 23.9 Å². The third kappa shape index (κ3) is 6.26. The van der Waals surface area contributed by atoms with E-state index in [1.807, 2.05) is 42.5 Å². The monoisotopic (exact) mass is 517 g/mol. The van der Waals surface area contributed by atoms with Crippen LogP contribution in [0, 0.1) is 11.7 Å². The van der Waals surface area contributed by atoms with Crippen LogP contribution in [0.3, 0.4) is 0 Å². The molecule has 1 saturated carbocycles. The number of ether oxygens (including phenoxy) is 3. The Balaban J connectivity index is 1.62. The van der Waals surface area contributed by atoms with Gasteiger partial charge in [0.25, 0.3) is 0 Å². The van der Waals surface area contributed by atoms with Crippen LogP contribution in [0.25, 0.3) is 21.6 Å². The minimum absolute atomic E-state index is 0.110. The van der Waals surface area contributed by atoms with Crippen molar-refractivity contribution >= 4 is 5.97 Å². The number of hydrogen-bond acceptors (Lipinski definition) is 5. The molecule has 1 atom stereocenters. The largest absolute Gasteiger partial charge is 0.497 e. The van der Waals surface area contributed by atoms with E-state index in [-0.39, 0.29) is 18.5 Å². The molecule has 0 amide bonds.